The van der Waals surface area contributed by atoms with Crippen LogP contribution in [0.4, 0.5) is 11.4 Å². The third kappa shape index (κ3) is 4.45. The Kier molecular flexibility index (Phi) is 6.67. The number of rotatable bonds is 6. The van der Waals surface area contributed by atoms with E-state index in [4.69, 9.17) is 12.2 Å². The average Bonchev–Trinajstić information content (AvgIpc) is 3.21. The van der Waals surface area contributed by atoms with Crippen LogP contribution in [0.3, 0.4) is 0 Å². The molecule has 2 aromatic carbocycles. The summed E-state index contributed by atoms with van der Waals surface area (Å²) in [4.78, 5) is 42.8. The van der Waals surface area contributed by atoms with Gasteiger partial charge in [-0.3, -0.25) is 24.2 Å². The summed E-state index contributed by atoms with van der Waals surface area (Å²) in [7, 11) is 0. The van der Waals surface area contributed by atoms with Crippen LogP contribution in [0.25, 0.3) is 5.57 Å². The molecule has 8 heteroatoms. The molecule has 0 aliphatic carbocycles. The molecule has 3 amide bonds. The molecule has 0 radical (unpaired) electrons. The van der Waals surface area contributed by atoms with Gasteiger partial charge >= 0.3 is 0 Å². The fourth-order valence-corrected chi connectivity index (χ4v) is 5.38. The molecule has 0 unspecified atom stereocenters. The lowest BCUT2D eigenvalue weighted by atomic mass is 10.1. The first-order valence-electron chi connectivity index (χ1n) is 10.9. The van der Waals surface area contributed by atoms with Crippen molar-refractivity contribution in [3.8, 4) is 0 Å². The number of thiocarbonyl (C=S) groups is 1. The lowest BCUT2D eigenvalue weighted by Gasteiger charge is -2.17. The van der Waals surface area contributed by atoms with E-state index in [1.807, 2.05) is 57.2 Å². The number of aryl methyl sites for hydroxylation is 2. The Bertz CT molecular complexity index is 1210. The minimum absolute atomic E-state index is 0.150. The summed E-state index contributed by atoms with van der Waals surface area (Å²) < 4.78 is 0.465. The maximum absolute atomic E-state index is 13.5. The first-order valence-corrected chi connectivity index (χ1v) is 12.1. The second-order valence-electron chi connectivity index (χ2n) is 8.16. The summed E-state index contributed by atoms with van der Waals surface area (Å²) in [5, 5.41) is 2.90. The monoisotopic (exact) mass is 479 g/mol. The predicted octanol–water partition coefficient (Wildman–Crippen LogP) is 4.66. The highest BCUT2D eigenvalue weighted by Gasteiger charge is 2.42. The molecule has 1 N–H and O–H groups in total. The zero-order valence-corrected chi connectivity index (χ0v) is 20.4. The number of thioether (sulfide) groups is 1. The second kappa shape index (κ2) is 9.49. The molecule has 2 aliphatic heterocycles. The van der Waals surface area contributed by atoms with Gasteiger partial charge in [-0.2, -0.15) is 0 Å². The van der Waals surface area contributed by atoms with E-state index in [0.717, 1.165) is 35.7 Å². The number of nitrogens with one attached hydrogen (secondary N) is 1. The van der Waals surface area contributed by atoms with Gasteiger partial charge in [0.1, 0.15) is 10.9 Å². The van der Waals surface area contributed by atoms with Crippen molar-refractivity contribution in [3.05, 3.63) is 64.1 Å². The Balaban J connectivity index is 1.63. The van der Waals surface area contributed by atoms with E-state index in [1.165, 1.54) is 4.90 Å². The highest BCUT2D eigenvalue weighted by atomic mass is 32.2. The van der Waals surface area contributed by atoms with E-state index in [2.05, 4.69) is 5.32 Å². The molecular weight excluding hydrogens is 454 g/mol. The molecule has 170 valence electrons. The van der Waals surface area contributed by atoms with Crippen molar-refractivity contribution in [2.75, 3.05) is 23.3 Å². The van der Waals surface area contributed by atoms with Gasteiger partial charge in [-0.15, -0.1) is 0 Å². The zero-order valence-electron chi connectivity index (χ0n) is 18.8. The highest BCUT2D eigenvalue weighted by Crippen LogP contribution is 2.44. The molecule has 0 aromatic heterocycles. The second-order valence-corrected chi connectivity index (χ2v) is 9.80. The van der Waals surface area contributed by atoms with E-state index in [-0.39, 0.29) is 24.3 Å². The molecule has 1 fully saturated rings. The van der Waals surface area contributed by atoms with Gasteiger partial charge in [0.15, 0.2) is 0 Å². The summed E-state index contributed by atoms with van der Waals surface area (Å²) in [5.74, 6) is -0.900. The van der Waals surface area contributed by atoms with E-state index in [0.29, 0.717) is 38.3 Å². The topological polar surface area (TPSA) is 69.7 Å². The summed E-state index contributed by atoms with van der Waals surface area (Å²) in [6, 6.07) is 13.0. The first kappa shape index (κ1) is 23.2. The molecule has 33 heavy (non-hydrogen) atoms. The average molecular weight is 480 g/mol. The smallest absolute Gasteiger partial charge is 0.267 e. The van der Waals surface area contributed by atoms with Crippen LogP contribution in [0.5, 0.6) is 0 Å². The molecule has 0 atom stereocenters. The molecule has 2 aliphatic rings. The van der Waals surface area contributed by atoms with Gasteiger partial charge in [-0.25, -0.2) is 0 Å². The summed E-state index contributed by atoms with van der Waals surface area (Å²) in [6.45, 7) is 6.36. The maximum Gasteiger partial charge on any atom is 0.267 e. The van der Waals surface area contributed by atoms with E-state index in [1.54, 1.807) is 11.0 Å². The van der Waals surface area contributed by atoms with Crippen LogP contribution in [0, 0.1) is 13.8 Å². The minimum Gasteiger partial charge on any atom is -0.324 e. The quantitative estimate of drug-likeness (QED) is 0.482. The molecule has 0 spiro atoms. The number of hydrogen-bond acceptors (Lipinski definition) is 5. The normalized spacial score (nSPS) is 17.7. The van der Waals surface area contributed by atoms with Crippen LogP contribution in [0.15, 0.2) is 47.4 Å². The lowest BCUT2D eigenvalue weighted by molar-refractivity contribution is -0.122. The first-order chi connectivity index (χ1) is 15.8. The third-order valence-corrected chi connectivity index (χ3v) is 7.14. The number of fused-ring (bicyclic) bond motifs is 1. The fourth-order valence-electron chi connectivity index (χ4n) is 4.00. The molecule has 2 heterocycles. The minimum atomic E-state index is -0.358. The Hall–Kier alpha value is -2.97. The van der Waals surface area contributed by atoms with Gasteiger partial charge in [0, 0.05) is 17.8 Å². The summed E-state index contributed by atoms with van der Waals surface area (Å²) in [6.07, 6.45) is 1.78. The number of hydrogen-bond donors (Lipinski definition) is 1. The van der Waals surface area contributed by atoms with Crippen LogP contribution in [-0.2, 0) is 14.4 Å². The number of unbranched alkanes of at least 4 members (excludes halogenated alkanes) is 1. The number of amides is 3. The largest absolute Gasteiger partial charge is 0.324 e. The molecule has 0 bridgehead atoms. The molecule has 2 aromatic rings. The van der Waals surface area contributed by atoms with Crippen LogP contribution in [-0.4, -0.2) is 40.0 Å². The number of para-hydroxylation sites is 1. The molecule has 1 saturated heterocycles. The molecule has 6 nitrogen and oxygen atoms in total. The summed E-state index contributed by atoms with van der Waals surface area (Å²) in [5.41, 5.74) is 4.36. The zero-order chi connectivity index (χ0) is 23.7. The van der Waals surface area contributed by atoms with Crippen molar-refractivity contribution < 1.29 is 14.4 Å². The van der Waals surface area contributed by atoms with E-state index in [9.17, 15) is 14.4 Å². The van der Waals surface area contributed by atoms with Crippen molar-refractivity contribution in [2.24, 2.45) is 0 Å². The Morgan fingerprint density at radius 3 is 2.55 bits per heavy atom. The third-order valence-electron chi connectivity index (χ3n) is 5.69. The van der Waals surface area contributed by atoms with Gasteiger partial charge in [0.25, 0.3) is 11.8 Å². The Morgan fingerprint density at radius 1 is 1.06 bits per heavy atom. The highest BCUT2D eigenvalue weighted by molar-refractivity contribution is 8.26. The van der Waals surface area contributed by atoms with Crippen LogP contribution in [0.1, 0.15) is 36.5 Å². The SMILES string of the molecule is CCCCN1C(=O)/C(=C2/C(=O)N(CC(=O)Nc3ccc(C)cc3C)c3ccccc32)SC1=S. The fraction of sp³-hybridized carbons (Fsp3) is 0.280. The van der Waals surface area contributed by atoms with Gasteiger partial charge in [0.05, 0.1) is 16.2 Å². The molecule has 4 rings (SSSR count). The molecular formula is C25H25N3O3S2. The lowest BCUT2D eigenvalue weighted by Crippen LogP contribution is -2.35. The van der Waals surface area contributed by atoms with E-state index >= 15 is 0 Å². The van der Waals surface area contributed by atoms with Crippen molar-refractivity contribution in [2.45, 2.75) is 33.6 Å². The van der Waals surface area contributed by atoms with E-state index < -0.39 is 0 Å². The number of carbonyl (C=O) groups excluding carboxylic acids is 3. The maximum atomic E-state index is 13.5. The van der Waals surface area contributed by atoms with Crippen LogP contribution < -0.4 is 10.2 Å². The van der Waals surface area contributed by atoms with Gasteiger partial charge in [0.2, 0.25) is 5.91 Å². The van der Waals surface area contributed by atoms with Crippen molar-refractivity contribution in [1.29, 1.82) is 0 Å². The Labute approximate surface area is 203 Å². The molecule has 0 saturated carbocycles. The Morgan fingerprint density at radius 2 is 1.82 bits per heavy atom. The number of nitrogens with zero attached hydrogens (tertiary/aromatic N) is 2. The number of anilines is 2. The van der Waals surface area contributed by atoms with Crippen molar-refractivity contribution in [1.82, 2.24) is 4.90 Å². The van der Waals surface area contributed by atoms with Gasteiger partial charge in [-0.05, 0) is 38.0 Å². The predicted molar refractivity (Wildman–Crippen MR) is 137 cm³/mol. The van der Waals surface area contributed by atoms with Gasteiger partial charge in [-0.1, -0.05) is 73.2 Å². The van der Waals surface area contributed by atoms with Gasteiger partial charge < -0.3 is 5.32 Å². The summed E-state index contributed by atoms with van der Waals surface area (Å²) >= 11 is 6.58. The van der Waals surface area contributed by atoms with Crippen LogP contribution >= 0.6 is 24.0 Å². The van der Waals surface area contributed by atoms with Crippen molar-refractivity contribution >= 4 is 63.0 Å². The van der Waals surface area contributed by atoms with Crippen LogP contribution in [0.2, 0.25) is 0 Å². The number of carbonyl (C=O) groups is 3. The van der Waals surface area contributed by atoms with Crippen molar-refractivity contribution in [3.63, 3.8) is 0 Å². The number of benzene rings is 2. The standard InChI is InChI=1S/C25H25N3O3S2/c1-4-5-12-27-24(31)22(33-25(27)32)21-17-8-6-7-9-19(17)28(23(21)30)14-20(29)26-18-11-10-15(2)13-16(18)3/h6-11,13H,4-5,12,14H2,1-3H3,(H,26,29)/b22-21-.